The predicted octanol–water partition coefficient (Wildman–Crippen LogP) is 2.50. The van der Waals surface area contributed by atoms with Gasteiger partial charge < -0.3 is 14.7 Å². The number of carbonyl (C=O) groups excluding carboxylic acids is 1. The summed E-state index contributed by atoms with van der Waals surface area (Å²) in [6.45, 7) is 3.68. The van der Waals surface area contributed by atoms with E-state index in [-0.39, 0.29) is 18.4 Å². The highest BCUT2D eigenvalue weighted by atomic mass is 19.1. The maximum absolute atomic E-state index is 13.8. The number of rotatable bonds is 5. The van der Waals surface area contributed by atoms with Crippen molar-refractivity contribution in [2.45, 2.75) is 38.3 Å². The number of hydrogen-bond acceptors (Lipinski definition) is 5. The lowest BCUT2D eigenvalue weighted by Crippen LogP contribution is -2.41. The normalized spacial score (nSPS) is 18.3. The second kappa shape index (κ2) is 8.04. The van der Waals surface area contributed by atoms with Gasteiger partial charge in [0, 0.05) is 44.2 Å². The van der Waals surface area contributed by atoms with Crippen LogP contribution in [0, 0.1) is 5.82 Å². The summed E-state index contributed by atoms with van der Waals surface area (Å²) in [5.41, 5.74) is 0.693. The van der Waals surface area contributed by atoms with Crippen molar-refractivity contribution >= 4 is 6.03 Å². The first-order chi connectivity index (χ1) is 13.2. The van der Waals surface area contributed by atoms with Gasteiger partial charge in [-0.15, -0.1) is 0 Å². The molecule has 2 aliphatic rings. The van der Waals surface area contributed by atoms with Gasteiger partial charge in [0.15, 0.2) is 5.82 Å². The molecule has 0 radical (unpaired) electrons. The van der Waals surface area contributed by atoms with Gasteiger partial charge in [-0.25, -0.2) is 9.18 Å². The van der Waals surface area contributed by atoms with Gasteiger partial charge in [-0.05, 0) is 25.3 Å². The van der Waals surface area contributed by atoms with E-state index in [4.69, 9.17) is 4.52 Å². The molecule has 1 aromatic carbocycles. The molecule has 1 aliphatic heterocycles. The predicted molar refractivity (Wildman–Crippen MR) is 96.4 cm³/mol. The molecule has 1 aliphatic carbocycles. The van der Waals surface area contributed by atoms with Crippen molar-refractivity contribution in [3.8, 4) is 0 Å². The number of hydrogen-bond donors (Lipinski definition) is 1. The van der Waals surface area contributed by atoms with E-state index in [1.165, 1.54) is 6.07 Å². The van der Waals surface area contributed by atoms with Crippen LogP contribution in [-0.2, 0) is 13.1 Å². The van der Waals surface area contributed by atoms with Crippen LogP contribution in [0.5, 0.6) is 0 Å². The van der Waals surface area contributed by atoms with Gasteiger partial charge in [0.1, 0.15) is 5.82 Å². The first kappa shape index (κ1) is 17.9. The molecule has 0 unspecified atom stereocenters. The number of nitrogens with one attached hydrogen (secondary N) is 1. The molecule has 2 aromatic rings. The molecule has 7 nitrogen and oxygen atoms in total. The Labute approximate surface area is 157 Å². The van der Waals surface area contributed by atoms with Crippen LogP contribution in [0.3, 0.4) is 0 Å². The molecular weight excluding hydrogens is 349 g/mol. The fourth-order valence-electron chi connectivity index (χ4n) is 3.30. The summed E-state index contributed by atoms with van der Waals surface area (Å²) < 4.78 is 19.1. The molecule has 0 atom stereocenters. The second-order valence-corrected chi connectivity index (χ2v) is 7.19. The van der Waals surface area contributed by atoms with Crippen molar-refractivity contribution in [1.29, 1.82) is 0 Å². The van der Waals surface area contributed by atoms with Crippen molar-refractivity contribution in [2.24, 2.45) is 0 Å². The van der Waals surface area contributed by atoms with Crippen molar-refractivity contribution in [3.63, 3.8) is 0 Å². The van der Waals surface area contributed by atoms with E-state index in [1.807, 2.05) is 12.1 Å². The number of amides is 2. The van der Waals surface area contributed by atoms with Crippen LogP contribution in [0.4, 0.5) is 9.18 Å². The average Bonchev–Trinajstić information content (AvgIpc) is 3.46. The Bertz CT molecular complexity index is 792. The minimum absolute atomic E-state index is 0.125. The van der Waals surface area contributed by atoms with Crippen molar-refractivity contribution < 1.29 is 13.7 Å². The largest absolute Gasteiger partial charge is 0.339 e. The number of nitrogens with zero attached hydrogens (tertiary/aromatic N) is 4. The first-order valence-corrected chi connectivity index (χ1v) is 9.50. The summed E-state index contributed by atoms with van der Waals surface area (Å²) in [5, 5.41) is 6.78. The molecule has 1 saturated carbocycles. The SMILES string of the molecule is O=C(NCc1noc(C2CC2)n1)N1CCCN(Cc2ccccc2F)CC1. The van der Waals surface area contributed by atoms with Gasteiger partial charge in [0.05, 0.1) is 6.54 Å². The third-order valence-corrected chi connectivity index (χ3v) is 5.04. The lowest BCUT2D eigenvalue weighted by atomic mass is 10.2. The van der Waals surface area contributed by atoms with E-state index in [2.05, 4.69) is 20.4 Å². The van der Waals surface area contributed by atoms with Crippen LogP contribution < -0.4 is 5.32 Å². The third kappa shape index (κ3) is 4.63. The molecule has 0 bridgehead atoms. The first-order valence-electron chi connectivity index (χ1n) is 9.50. The van der Waals surface area contributed by atoms with E-state index < -0.39 is 0 Å². The van der Waals surface area contributed by atoms with Crippen molar-refractivity contribution in [3.05, 3.63) is 47.4 Å². The second-order valence-electron chi connectivity index (χ2n) is 7.19. The maximum atomic E-state index is 13.8. The van der Waals surface area contributed by atoms with E-state index in [1.54, 1.807) is 11.0 Å². The fourth-order valence-corrected chi connectivity index (χ4v) is 3.30. The molecular formula is C19H24FN5O2. The van der Waals surface area contributed by atoms with E-state index >= 15 is 0 Å². The van der Waals surface area contributed by atoms with Gasteiger partial charge in [-0.3, -0.25) is 4.90 Å². The minimum atomic E-state index is -0.179. The Balaban J connectivity index is 1.25. The van der Waals surface area contributed by atoms with E-state index in [0.717, 1.165) is 32.4 Å². The molecule has 2 heterocycles. The lowest BCUT2D eigenvalue weighted by Gasteiger charge is -2.22. The highest BCUT2D eigenvalue weighted by molar-refractivity contribution is 5.74. The molecule has 2 fully saturated rings. The zero-order chi connectivity index (χ0) is 18.6. The lowest BCUT2D eigenvalue weighted by molar-refractivity contribution is 0.196. The molecule has 1 N–H and O–H groups in total. The van der Waals surface area contributed by atoms with E-state index in [9.17, 15) is 9.18 Å². The van der Waals surface area contributed by atoms with Crippen LogP contribution in [0.1, 0.15) is 42.5 Å². The monoisotopic (exact) mass is 373 g/mol. The standard InChI is InChI=1S/C19H24FN5O2/c20-16-5-2-1-4-15(16)13-24-8-3-9-25(11-10-24)19(26)21-12-17-22-18(27-23-17)14-6-7-14/h1-2,4-5,14H,3,6-13H2,(H,21,26). The van der Waals surface area contributed by atoms with Gasteiger partial charge in [-0.1, -0.05) is 23.4 Å². The Morgan fingerprint density at radius 1 is 1.22 bits per heavy atom. The summed E-state index contributed by atoms with van der Waals surface area (Å²) in [6.07, 6.45) is 3.06. The third-order valence-electron chi connectivity index (χ3n) is 5.04. The molecule has 4 rings (SSSR count). The quantitative estimate of drug-likeness (QED) is 0.872. The van der Waals surface area contributed by atoms with Crippen LogP contribution in [-0.4, -0.2) is 52.2 Å². The molecule has 0 spiro atoms. The molecule has 27 heavy (non-hydrogen) atoms. The van der Waals surface area contributed by atoms with Crippen molar-refractivity contribution in [2.75, 3.05) is 26.2 Å². The highest BCUT2D eigenvalue weighted by Crippen LogP contribution is 2.38. The molecule has 1 saturated heterocycles. The number of urea groups is 1. The Kier molecular flexibility index (Phi) is 5.33. The highest BCUT2D eigenvalue weighted by Gasteiger charge is 2.29. The number of carbonyl (C=O) groups is 1. The number of aromatic nitrogens is 2. The molecule has 1 aromatic heterocycles. The van der Waals surface area contributed by atoms with Crippen LogP contribution >= 0.6 is 0 Å². The maximum Gasteiger partial charge on any atom is 0.317 e. The molecule has 144 valence electrons. The topological polar surface area (TPSA) is 74.5 Å². The van der Waals surface area contributed by atoms with Gasteiger partial charge in [-0.2, -0.15) is 4.98 Å². The van der Waals surface area contributed by atoms with Crippen LogP contribution in [0.25, 0.3) is 0 Å². The molecule has 8 heteroatoms. The summed E-state index contributed by atoms with van der Waals surface area (Å²) in [4.78, 5) is 20.7. The summed E-state index contributed by atoms with van der Waals surface area (Å²) >= 11 is 0. The zero-order valence-electron chi connectivity index (χ0n) is 15.2. The Morgan fingerprint density at radius 3 is 2.89 bits per heavy atom. The van der Waals surface area contributed by atoms with Crippen molar-refractivity contribution in [1.82, 2.24) is 25.3 Å². The van der Waals surface area contributed by atoms with Crippen LogP contribution in [0.2, 0.25) is 0 Å². The average molecular weight is 373 g/mol. The zero-order valence-corrected chi connectivity index (χ0v) is 15.2. The minimum Gasteiger partial charge on any atom is -0.339 e. The summed E-state index contributed by atoms with van der Waals surface area (Å²) in [6, 6.07) is 6.72. The smallest absolute Gasteiger partial charge is 0.317 e. The van der Waals surface area contributed by atoms with Crippen LogP contribution in [0.15, 0.2) is 28.8 Å². The Hall–Kier alpha value is -2.48. The number of halogens is 1. The van der Waals surface area contributed by atoms with Gasteiger partial charge >= 0.3 is 6.03 Å². The summed E-state index contributed by atoms with van der Waals surface area (Å²) in [5.74, 6) is 1.43. The van der Waals surface area contributed by atoms with Gasteiger partial charge in [0.2, 0.25) is 5.89 Å². The van der Waals surface area contributed by atoms with E-state index in [0.29, 0.717) is 42.8 Å². The van der Waals surface area contributed by atoms with Gasteiger partial charge in [0.25, 0.3) is 0 Å². The number of benzene rings is 1. The fraction of sp³-hybridized carbons (Fsp3) is 0.526. The summed E-state index contributed by atoms with van der Waals surface area (Å²) in [7, 11) is 0. The molecule has 2 amide bonds. The Morgan fingerprint density at radius 2 is 2.07 bits per heavy atom.